The molecule has 0 radical (unpaired) electrons. The predicted molar refractivity (Wildman–Crippen MR) is 78.9 cm³/mol. The fraction of sp³-hybridized carbons (Fsp3) is 0.0833. The number of carboxylic acid groups (broad SMARTS) is 1. The van der Waals surface area contributed by atoms with E-state index in [1.165, 1.54) is 6.20 Å². The molecule has 2 aromatic rings. The molecule has 0 bridgehead atoms. The van der Waals surface area contributed by atoms with Crippen molar-refractivity contribution in [3.63, 3.8) is 0 Å². The third-order valence-electron chi connectivity index (χ3n) is 2.38. The molecule has 0 saturated carbocycles. The van der Waals surface area contributed by atoms with E-state index in [1.807, 2.05) is 18.2 Å². The van der Waals surface area contributed by atoms with Crippen LogP contribution in [0, 0.1) is 6.92 Å². The van der Waals surface area contributed by atoms with Gasteiger partial charge in [0.15, 0.2) is 0 Å². The highest BCUT2D eigenvalue weighted by molar-refractivity contribution is 9.11. The lowest BCUT2D eigenvalue weighted by Crippen LogP contribution is -2.06. The maximum atomic E-state index is 10.9. The van der Waals surface area contributed by atoms with Gasteiger partial charge in [0.05, 0.1) is 16.9 Å². The Hall–Kier alpha value is -1.47. The lowest BCUT2D eigenvalue weighted by Gasteiger charge is -2.08. The number of benzene rings is 1. The first-order valence-electron chi connectivity index (χ1n) is 5.26. The van der Waals surface area contributed by atoms with Crippen molar-refractivity contribution in [1.29, 1.82) is 0 Å². The minimum absolute atomic E-state index is 0.0962. The van der Waals surface area contributed by atoms with E-state index in [1.54, 1.807) is 6.92 Å². The summed E-state index contributed by atoms with van der Waals surface area (Å²) >= 11 is 6.79. The van der Waals surface area contributed by atoms with Crippen LogP contribution in [0.15, 0.2) is 33.3 Å². The third kappa shape index (κ3) is 3.30. The number of nitrogens with zero attached hydrogens (tertiary/aromatic N) is 2. The van der Waals surface area contributed by atoms with E-state index in [4.69, 9.17) is 5.11 Å². The molecule has 1 heterocycles. The Balaban J connectivity index is 2.31. The molecule has 1 aromatic carbocycles. The van der Waals surface area contributed by atoms with Gasteiger partial charge in [-0.25, -0.2) is 14.8 Å². The van der Waals surface area contributed by atoms with E-state index in [2.05, 4.69) is 47.1 Å². The molecule has 2 N–H and O–H groups in total. The second kappa shape index (κ2) is 5.66. The Morgan fingerprint density at radius 2 is 2.11 bits per heavy atom. The molecule has 19 heavy (non-hydrogen) atoms. The van der Waals surface area contributed by atoms with Crippen molar-refractivity contribution < 1.29 is 9.90 Å². The number of halogens is 2. The second-order valence-electron chi connectivity index (χ2n) is 3.75. The summed E-state index contributed by atoms with van der Waals surface area (Å²) in [6.45, 7) is 1.63. The first-order valence-corrected chi connectivity index (χ1v) is 6.85. The fourth-order valence-electron chi connectivity index (χ4n) is 1.45. The van der Waals surface area contributed by atoms with Crippen LogP contribution in [-0.2, 0) is 0 Å². The van der Waals surface area contributed by atoms with Gasteiger partial charge in [-0.05, 0) is 41.1 Å². The second-order valence-corrected chi connectivity index (χ2v) is 5.52. The number of aromatic carboxylic acids is 1. The summed E-state index contributed by atoms with van der Waals surface area (Å²) in [6.07, 6.45) is 1.29. The van der Waals surface area contributed by atoms with E-state index in [0.29, 0.717) is 11.6 Å². The molecule has 0 fully saturated rings. The normalized spacial score (nSPS) is 10.3. The molecule has 0 amide bonds. The highest BCUT2D eigenvalue weighted by Crippen LogP contribution is 2.28. The summed E-state index contributed by atoms with van der Waals surface area (Å²) < 4.78 is 1.77. The van der Waals surface area contributed by atoms with Crippen molar-refractivity contribution in [2.75, 3.05) is 5.32 Å². The standard InChI is InChI=1S/C12H9Br2N3O2/c1-6-8(11(18)19)5-15-12(16-6)17-10-4-7(13)2-3-9(10)14/h2-5H,1H3,(H,18,19)(H,15,16,17). The maximum absolute atomic E-state index is 10.9. The first-order chi connectivity index (χ1) is 8.97. The minimum Gasteiger partial charge on any atom is -0.478 e. The highest BCUT2D eigenvalue weighted by atomic mass is 79.9. The molecule has 0 aliphatic rings. The number of carboxylic acids is 1. The number of rotatable bonds is 3. The molecule has 98 valence electrons. The quantitative estimate of drug-likeness (QED) is 0.840. The summed E-state index contributed by atoms with van der Waals surface area (Å²) in [6, 6.07) is 5.65. The van der Waals surface area contributed by atoms with E-state index >= 15 is 0 Å². The topological polar surface area (TPSA) is 75.1 Å². The molecule has 5 nitrogen and oxygen atoms in total. The number of carbonyl (C=O) groups is 1. The first kappa shape index (κ1) is 14.0. The zero-order valence-corrected chi connectivity index (χ0v) is 13.0. The van der Waals surface area contributed by atoms with Gasteiger partial charge in [0, 0.05) is 15.1 Å². The van der Waals surface area contributed by atoms with Crippen molar-refractivity contribution in [3.8, 4) is 0 Å². The zero-order valence-electron chi connectivity index (χ0n) is 9.82. The van der Waals surface area contributed by atoms with Gasteiger partial charge >= 0.3 is 5.97 Å². The van der Waals surface area contributed by atoms with Crippen LogP contribution in [0.5, 0.6) is 0 Å². The van der Waals surface area contributed by atoms with Crippen LogP contribution in [0.3, 0.4) is 0 Å². The molecule has 0 unspecified atom stereocenters. The molecule has 0 saturated heterocycles. The Bertz CT molecular complexity index is 647. The van der Waals surface area contributed by atoms with Crippen LogP contribution >= 0.6 is 31.9 Å². The van der Waals surface area contributed by atoms with Gasteiger partial charge in [-0.3, -0.25) is 0 Å². The van der Waals surface area contributed by atoms with Crippen LogP contribution in [0.1, 0.15) is 16.1 Å². The van der Waals surface area contributed by atoms with E-state index in [-0.39, 0.29) is 5.56 Å². The highest BCUT2D eigenvalue weighted by Gasteiger charge is 2.10. The van der Waals surface area contributed by atoms with Crippen LogP contribution in [0.2, 0.25) is 0 Å². The molecule has 1 aromatic heterocycles. The van der Waals surface area contributed by atoms with Crippen LogP contribution in [0.4, 0.5) is 11.6 Å². The smallest absolute Gasteiger partial charge is 0.339 e. The average Bonchev–Trinajstić information content (AvgIpc) is 2.33. The number of anilines is 2. The molecule has 0 atom stereocenters. The van der Waals surface area contributed by atoms with Gasteiger partial charge in [0.1, 0.15) is 0 Å². The largest absolute Gasteiger partial charge is 0.478 e. The Kier molecular flexibility index (Phi) is 4.16. The van der Waals surface area contributed by atoms with Crippen molar-refractivity contribution in [2.45, 2.75) is 6.92 Å². The summed E-state index contributed by atoms with van der Waals surface area (Å²) in [5.74, 6) is -0.686. The molecule has 0 aliphatic carbocycles. The van der Waals surface area contributed by atoms with Gasteiger partial charge in [-0.1, -0.05) is 15.9 Å². The molecule has 2 rings (SSSR count). The third-order valence-corrected chi connectivity index (χ3v) is 3.57. The number of aryl methyl sites for hydroxylation is 1. The SMILES string of the molecule is Cc1nc(Nc2cc(Br)ccc2Br)ncc1C(=O)O. The summed E-state index contributed by atoms with van der Waals surface area (Å²) in [7, 11) is 0. The molecular weight excluding hydrogens is 378 g/mol. The van der Waals surface area contributed by atoms with Gasteiger partial charge in [0.25, 0.3) is 0 Å². The van der Waals surface area contributed by atoms with Crippen LogP contribution in [-0.4, -0.2) is 21.0 Å². The lowest BCUT2D eigenvalue weighted by atomic mass is 10.2. The van der Waals surface area contributed by atoms with Crippen molar-refractivity contribution in [1.82, 2.24) is 9.97 Å². The Morgan fingerprint density at radius 1 is 1.37 bits per heavy atom. The summed E-state index contributed by atoms with van der Waals surface area (Å²) in [5, 5.41) is 11.9. The van der Waals surface area contributed by atoms with Gasteiger partial charge in [-0.15, -0.1) is 0 Å². The number of hydrogen-bond acceptors (Lipinski definition) is 4. The van der Waals surface area contributed by atoms with E-state index in [9.17, 15) is 4.79 Å². The molecule has 7 heteroatoms. The van der Waals surface area contributed by atoms with E-state index in [0.717, 1.165) is 14.6 Å². The summed E-state index contributed by atoms with van der Waals surface area (Å²) in [5.41, 5.74) is 1.30. The Morgan fingerprint density at radius 3 is 2.74 bits per heavy atom. The van der Waals surface area contributed by atoms with Gasteiger partial charge in [0.2, 0.25) is 5.95 Å². The monoisotopic (exact) mass is 385 g/mol. The van der Waals surface area contributed by atoms with Crippen molar-refractivity contribution >= 4 is 49.5 Å². The minimum atomic E-state index is -1.03. The fourth-order valence-corrected chi connectivity index (χ4v) is 2.16. The van der Waals surface area contributed by atoms with E-state index < -0.39 is 5.97 Å². The van der Waals surface area contributed by atoms with Crippen LogP contribution in [0.25, 0.3) is 0 Å². The molecule has 0 aliphatic heterocycles. The molecular formula is C12H9Br2N3O2. The Labute approximate surface area is 126 Å². The lowest BCUT2D eigenvalue weighted by molar-refractivity contribution is 0.0695. The zero-order chi connectivity index (χ0) is 14.0. The summed E-state index contributed by atoms with van der Waals surface area (Å²) in [4.78, 5) is 19.0. The maximum Gasteiger partial charge on any atom is 0.339 e. The predicted octanol–water partition coefficient (Wildman–Crippen LogP) is 3.75. The number of hydrogen-bond donors (Lipinski definition) is 2. The van der Waals surface area contributed by atoms with Crippen LogP contribution < -0.4 is 5.32 Å². The van der Waals surface area contributed by atoms with Crippen molar-refractivity contribution in [2.24, 2.45) is 0 Å². The molecule has 0 spiro atoms. The van der Waals surface area contributed by atoms with Gasteiger partial charge in [-0.2, -0.15) is 0 Å². The average molecular weight is 387 g/mol. The van der Waals surface area contributed by atoms with Crippen molar-refractivity contribution in [3.05, 3.63) is 44.6 Å². The number of aromatic nitrogens is 2. The number of nitrogens with one attached hydrogen (secondary N) is 1. The van der Waals surface area contributed by atoms with Gasteiger partial charge < -0.3 is 10.4 Å².